The van der Waals surface area contributed by atoms with Crippen molar-refractivity contribution in [2.45, 2.75) is 57.4 Å². The smallest absolute Gasteiger partial charge is 0.261 e. The maximum Gasteiger partial charge on any atom is 0.261 e. The molecule has 33 heavy (non-hydrogen) atoms. The number of amides is 2. The van der Waals surface area contributed by atoms with Crippen LogP contribution in [0.1, 0.15) is 55.5 Å². The summed E-state index contributed by atoms with van der Waals surface area (Å²) in [6.07, 6.45) is 3.39. The van der Waals surface area contributed by atoms with Gasteiger partial charge in [0.2, 0.25) is 5.91 Å². The first-order valence-corrected chi connectivity index (χ1v) is 13.0. The number of anilines is 1. The highest BCUT2D eigenvalue weighted by Gasteiger charge is 2.33. The van der Waals surface area contributed by atoms with Crippen LogP contribution in [0.4, 0.5) is 5.69 Å². The van der Waals surface area contributed by atoms with Gasteiger partial charge in [0.25, 0.3) is 15.9 Å². The first-order chi connectivity index (χ1) is 15.7. The molecule has 7 nitrogen and oxygen atoms in total. The molecule has 2 aromatic carbocycles. The number of unbranched alkanes of at least 4 members (excludes halogenated alkanes) is 1. The first kappa shape index (κ1) is 24.8. The fourth-order valence-electron chi connectivity index (χ4n) is 3.93. The Labute approximate surface area is 196 Å². The molecule has 2 atom stereocenters. The van der Waals surface area contributed by atoms with Crippen molar-refractivity contribution in [1.82, 2.24) is 10.2 Å². The Morgan fingerprint density at radius 2 is 1.82 bits per heavy atom. The SMILES string of the molecule is CCCCNC(=O)C1CCC(C)N(C(=O)c2cccc(S(=O)(=O)Nc3ccc(C)cc3)c2)C1. The van der Waals surface area contributed by atoms with Gasteiger partial charge in [-0.15, -0.1) is 0 Å². The molecule has 0 saturated carbocycles. The molecular weight excluding hydrogens is 438 g/mol. The number of rotatable bonds is 8. The minimum Gasteiger partial charge on any atom is -0.356 e. The van der Waals surface area contributed by atoms with E-state index in [1.54, 1.807) is 29.2 Å². The number of sulfonamides is 1. The average molecular weight is 472 g/mol. The summed E-state index contributed by atoms with van der Waals surface area (Å²) < 4.78 is 28.3. The summed E-state index contributed by atoms with van der Waals surface area (Å²) in [5, 5.41) is 2.96. The van der Waals surface area contributed by atoms with Crippen LogP contribution in [-0.4, -0.2) is 44.3 Å². The van der Waals surface area contributed by atoms with E-state index in [0.717, 1.165) is 31.2 Å². The number of piperidine rings is 1. The number of nitrogens with one attached hydrogen (secondary N) is 2. The van der Waals surface area contributed by atoms with Crippen LogP contribution in [0.3, 0.4) is 0 Å². The second-order valence-corrected chi connectivity index (χ2v) is 10.4. The Hall–Kier alpha value is -2.87. The molecule has 2 N–H and O–H groups in total. The van der Waals surface area contributed by atoms with Crippen molar-refractivity contribution < 1.29 is 18.0 Å². The molecule has 8 heteroatoms. The fourth-order valence-corrected chi connectivity index (χ4v) is 5.04. The van der Waals surface area contributed by atoms with Crippen molar-refractivity contribution in [1.29, 1.82) is 0 Å². The largest absolute Gasteiger partial charge is 0.356 e. The van der Waals surface area contributed by atoms with Crippen molar-refractivity contribution in [3.05, 3.63) is 59.7 Å². The van der Waals surface area contributed by atoms with Gasteiger partial charge in [0.15, 0.2) is 0 Å². The summed E-state index contributed by atoms with van der Waals surface area (Å²) in [4.78, 5) is 27.5. The summed E-state index contributed by atoms with van der Waals surface area (Å²) >= 11 is 0. The highest BCUT2D eigenvalue weighted by atomic mass is 32.2. The van der Waals surface area contributed by atoms with Gasteiger partial charge in [0.1, 0.15) is 0 Å². The van der Waals surface area contributed by atoms with Crippen LogP contribution >= 0.6 is 0 Å². The Bertz CT molecular complexity index is 1080. The summed E-state index contributed by atoms with van der Waals surface area (Å²) in [7, 11) is -3.85. The Morgan fingerprint density at radius 3 is 2.52 bits per heavy atom. The van der Waals surface area contributed by atoms with Crippen LogP contribution in [0.15, 0.2) is 53.4 Å². The van der Waals surface area contributed by atoms with Crippen LogP contribution in [0.25, 0.3) is 0 Å². The van der Waals surface area contributed by atoms with E-state index in [1.165, 1.54) is 12.1 Å². The molecule has 1 saturated heterocycles. The van der Waals surface area contributed by atoms with E-state index in [2.05, 4.69) is 17.0 Å². The van der Waals surface area contributed by atoms with E-state index < -0.39 is 10.0 Å². The minimum absolute atomic E-state index is 0.0208. The van der Waals surface area contributed by atoms with E-state index in [1.807, 2.05) is 26.0 Å². The van der Waals surface area contributed by atoms with E-state index >= 15 is 0 Å². The van der Waals surface area contributed by atoms with Crippen LogP contribution in [0.2, 0.25) is 0 Å². The van der Waals surface area contributed by atoms with Crippen molar-refractivity contribution >= 4 is 27.5 Å². The second kappa shape index (κ2) is 10.8. The van der Waals surface area contributed by atoms with Crippen molar-refractivity contribution in [3.8, 4) is 0 Å². The molecular formula is C25H33N3O4S. The van der Waals surface area contributed by atoms with Crippen molar-refractivity contribution in [3.63, 3.8) is 0 Å². The summed E-state index contributed by atoms with van der Waals surface area (Å²) in [5.74, 6) is -0.537. The molecule has 1 fully saturated rings. The quantitative estimate of drug-likeness (QED) is 0.570. The van der Waals surface area contributed by atoms with Gasteiger partial charge >= 0.3 is 0 Å². The van der Waals surface area contributed by atoms with E-state index in [4.69, 9.17) is 0 Å². The van der Waals surface area contributed by atoms with Crippen LogP contribution in [0.5, 0.6) is 0 Å². The molecule has 2 unspecified atom stereocenters. The highest BCUT2D eigenvalue weighted by Crippen LogP contribution is 2.25. The molecule has 0 aromatic heterocycles. The summed E-state index contributed by atoms with van der Waals surface area (Å²) in [6.45, 7) is 6.93. The zero-order valence-corrected chi connectivity index (χ0v) is 20.3. The van der Waals surface area contributed by atoms with Crippen LogP contribution in [-0.2, 0) is 14.8 Å². The summed E-state index contributed by atoms with van der Waals surface area (Å²) in [5.41, 5.74) is 1.78. The molecule has 2 amide bonds. The predicted molar refractivity (Wildman–Crippen MR) is 130 cm³/mol. The predicted octanol–water partition coefficient (Wildman–Crippen LogP) is 3.95. The van der Waals surface area contributed by atoms with E-state index in [-0.39, 0.29) is 28.7 Å². The van der Waals surface area contributed by atoms with Crippen LogP contribution in [0, 0.1) is 12.8 Å². The molecule has 178 valence electrons. The van der Waals surface area contributed by atoms with Gasteiger partial charge in [0, 0.05) is 30.4 Å². The fraction of sp³-hybridized carbons (Fsp3) is 0.440. The number of benzene rings is 2. The number of carbonyl (C=O) groups is 2. The topological polar surface area (TPSA) is 95.6 Å². The number of nitrogens with zero attached hydrogens (tertiary/aromatic N) is 1. The molecule has 0 bridgehead atoms. The average Bonchev–Trinajstić information content (AvgIpc) is 2.80. The summed E-state index contributed by atoms with van der Waals surface area (Å²) in [6, 6.07) is 13.1. The lowest BCUT2D eigenvalue weighted by Crippen LogP contribution is -2.49. The molecule has 1 heterocycles. The lowest BCUT2D eigenvalue weighted by molar-refractivity contribution is -0.126. The molecule has 1 aliphatic rings. The third-order valence-corrected chi connectivity index (χ3v) is 7.42. The minimum atomic E-state index is -3.85. The number of likely N-dealkylation sites (tertiary alicyclic amines) is 1. The Morgan fingerprint density at radius 1 is 1.09 bits per heavy atom. The maximum absolute atomic E-state index is 13.3. The standard InChI is InChI=1S/C25H33N3O4S/c1-4-5-15-26-24(29)21-12-11-19(3)28(17-21)25(30)20-7-6-8-23(16-20)33(31,32)27-22-13-9-18(2)10-14-22/h6-10,13-14,16,19,21,27H,4-5,11-12,15,17H2,1-3H3,(H,26,29). The zero-order valence-electron chi connectivity index (χ0n) is 19.5. The molecule has 0 radical (unpaired) electrons. The number of aryl methyl sites for hydroxylation is 1. The molecule has 2 aromatic rings. The lowest BCUT2D eigenvalue weighted by atomic mass is 9.92. The van der Waals surface area contributed by atoms with E-state index in [0.29, 0.717) is 24.3 Å². The number of hydrogen-bond donors (Lipinski definition) is 2. The molecule has 3 rings (SSSR count). The van der Waals surface area contributed by atoms with Crippen molar-refractivity contribution in [2.24, 2.45) is 5.92 Å². The lowest BCUT2D eigenvalue weighted by Gasteiger charge is -2.37. The molecule has 0 spiro atoms. The van der Waals surface area contributed by atoms with E-state index in [9.17, 15) is 18.0 Å². The Balaban J connectivity index is 1.74. The van der Waals surface area contributed by atoms with Gasteiger partial charge in [-0.05, 0) is 63.4 Å². The van der Waals surface area contributed by atoms with Gasteiger partial charge in [-0.1, -0.05) is 37.1 Å². The normalized spacial score (nSPS) is 18.6. The maximum atomic E-state index is 13.3. The van der Waals surface area contributed by atoms with Gasteiger partial charge in [0.05, 0.1) is 10.8 Å². The third kappa shape index (κ3) is 6.35. The monoisotopic (exact) mass is 471 g/mol. The molecule has 1 aliphatic heterocycles. The van der Waals surface area contributed by atoms with Gasteiger partial charge in [-0.3, -0.25) is 14.3 Å². The second-order valence-electron chi connectivity index (χ2n) is 8.72. The Kier molecular flexibility index (Phi) is 8.13. The number of hydrogen-bond acceptors (Lipinski definition) is 4. The zero-order chi connectivity index (χ0) is 24.0. The first-order valence-electron chi connectivity index (χ1n) is 11.5. The van der Waals surface area contributed by atoms with Crippen molar-refractivity contribution in [2.75, 3.05) is 17.8 Å². The van der Waals surface area contributed by atoms with Gasteiger partial charge in [-0.25, -0.2) is 8.42 Å². The van der Waals surface area contributed by atoms with Gasteiger partial charge < -0.3 is 10.2 Å². The van der Waals surface area contributed by atoms with Gasteiger partial charge in [-0.2, -0.15) is 0 Å². The third-order valence-electron chi connectivity index (χ3n) is 6.04. The highest BCUT2D eigenvalue weighted by molar-refractivity contribution is 7.92. The van der Waals surface area contributed by atoms with Crippen LogP contribution < -0.4 is 10.0 Å². The number of carbonyl (C=O) groups excluding carboxylic acids is 2. The molecule has 0 aliphatic carbocycles.